The van der Waals surface area contributed by atoms with Gasteiger partial charge in [-0.25, -0.2) is 8.42 Å². The van der Waals surface area contributed by atoms with Gasteiger partial charge in [0.25, 0.3) is 5.91 Å². The topological polar surface area (TPSA) is 66.5 Å². The van der Waals surface area contributed by atoms with Crippen LogP contribution in [0, 0.1) is 0 Å². The van der Waals surface area contributed by atoms with Crippen LogP contribution in [0.5, 0.6) is 0 Å². The Labute approximate surface area is 158 Å². The zero-order valence-corrected chi connectivity index (χ0v) is 16.3. The SMILES string of the molecule is CSc1ccc(NC(=O)c2ccccc2S(=O)(=O)N2CCCCC2)cc1. The lowest BCUT2D eigenvalue weighted by molar-refractivity contribution is 0.102. The Hall–Kier alpha value is -1.83. The Morgan fingerprint density at radius 2 is 1.65 bits per heavy atom. The molecular weight excluding hydrogens is 368 g/mol. The van der Waals surface area contributed by atoms with Gasteiger partial charge in [0, 0.05) is 23.7 Å². The number of rotatable bonds is 5. The summed E-state index contributed by atoms with van der Waals surface area (Å²) < 4.78 is 27.5. The number of hydrogen-bond acceptors (Lipinski definition) is 4. The van der Waals surface area contributed by atoms with E-state index in [9.17, 15) is 13.2 Å². The van der Waals surface area contributed by atoms with Gasteiger partial charge in [0.1, 0.15) is 0 Å². The summed E-state index contributed by atoms with van der Waals surface area (Å²) in [6, 6.07) is 13.9. The van der Waals surface area contributed by atoms with Gasteiger partial charge in [-0.2, -0.15) is 4.31 Å². The molecule has 7 heteroatoms. The standard InChI is InChI=1S/C19H22N2O3S2/c1-25-16-11-9-15(10-12-16)20-19(22)17-7-3-4-8-18(17)26(23,24)21-13-5-2-6-14-21/h3-4,7-12H,2,5-6,13-14H2,1H3,(H,20,22). The van der Waals surface area contributed by atoms with Gasteiger partial charge in [-0.15, -0.1) is 11.8 Å². The molecule has 0 spiro atoms. The largest absolute Gasteiger partial charge is 0.322 e. The zero-order valence-electron chi connectivity index (χ0n) is 14.6. The number of nitrogens with one attached hydrogen (secondary N) is 1. The molecule has 0 bridgehead atoms. The van der Waals surface area contributed by atoms with Crippen molar-refractivity contribution in [2.45, 2.75) is 29.1 Å². The summed E-state index contributed by atoms with van der Waals surface area (Å²) in [5.74, 6) is -0.418. The molecular formula is C19H22N2O3S2. The van der Waals surface area contributed by atoms with Crippen LogP contribution in [-0.2, 0) is 10.0 Å². The molecule has 1 aliphatic heterocycles. The Morgan fingerprint density at radius 1 is 1.00 bits per heavy atom. The summed E-state index contributed by atoms with van der Waals surface area (Å²) in [4.78, 5) is 13.9. The maximum absolute atomic E-state index is 13.0. The van der Waals surface area contributed by atoms with E-state index in [2.05, 4.69) is 5.32 Å². The Bertz CT molecular complexity index is 874. The highest BCUT2D eigenvalue weighted by atomic mass is 32.2. The number of thioether (sulfide) groups is 1. The smallest absolute Gasteiger partial charge is 0.257 e. The van der Waals surface area contributed by atoms with Crippen LogP contribution in [0.2, 0.25) is 0 Å². The van der Waals surface area contributed by atoms with Gasteiger partial charge in [-0.05, 0) is 55.5 Å². The van der Waals surface area contributed by atoms with Gasteiger partial charge >= 0.3 is 0 Å². The van der Waals surface area contributed by atoms with Crippen LogP contribution < -0.4 is 5.32 Å². The van der Waals surface area contributed by atoms with Crippen molar-refractivity contribution in [2.24, 2.45) is 0 Å². The quantitative estimate of drug-likeness (QED) is 0.788. The van der Waals surface area contributed by atoms with Crippen molar-refractivity contribution < 1.29 is 13.2 Å². The fourth-order valence-electron chi connectivity index (χ4n) is 3.00. The highest BCUT2D eigenvalue weighted by Gasteiger charge is 2.29. The third-order valence-electron chi connectivity index (χ3n) is 4.41. The molecule has 3 rings (SSSR count). The lowest BCUT2D eigenvalue weighted by atomic mass is 10.2. The van der Waals surface area contributed by atoms with Gasteiger partial charge in [0.2, 0.25) is 10.0 Å². The van der Waals surface area contributed by atoms with Crippen molar-refractivity contribution in [1.29, 1.82) is 0 Å². The number of sulfonamides is 1. The van der Waals surface area contributed by atoms with Crippen molar-refractivity contribution in [3.05, 3.63) is 54.1 Å². The summed E-state index contributed by atoms with van der Waals surface area (Å²) >= 11 is 1.62. The first-order valence-electron chi connectivity index (χ1n) is 8.57. The number of benzene rings is 2. The molecule has 2 aromatic rings. The summed E-state index contributed by atoms with van der Waals surface area (Å²) in [6.45, 7) is 1.02. The highest BCUT2D eigenvalue weighted by molar-refractivity contribution is 7.98. The van der Waals surface area contributed by atoms with E-state index >= 15 is 0 Å². The van der Waals surface area contributed by atoms with Crippen LogP contribution in [0.25, 0.3) is 0 Å². The van der Waals surface area contributed by atoms with Crippen molar-refractivity contribution in [3.8, 4) is 0 Å². The molecule has 1 heterocycles. The summed E-state index contributed by atoms with van der Waals surface area (Å²) in [5.41, 5.74) is 0.810. The second kappa shape index (κ2) is 8.24. The van der Waals surface area contributed by atoms with E-state index in [0.717, 1.165) is 24.2 Å². The van der Waals surface area contributed by atoms with E-state index < -0.39 is 15.9 Å². The average molecular weight is 391 g/mol. The molecule has 0 aromatic heterocycles. The van der Waals surface area contributed by atoms with Crippen molar-refractivity contribution in [1.82, 2.24) is 4.31 Å². The summed E-state index contributed by atoms with van der Waals surface area (Å²) in [6.07, 6.45) is 4.74. The van der Waals surface area contributed by atoms with Crippen LogP contribution in [-0.4, -0.2) is 38.0 Å². The van der Waals surface area contributed by atoms with E-state index in [1.54, 1.807) is 30.0 Å². The Balaban J connectivity index is 1.87. The summed E-state index contributed by atoms with van der Waals surface area (Å²) in [7, 11) is -3.67. The molecule has 5 nitrogen and oxygen atoms in total. The first-order chi connectivity index (χ1) is 12.5. The lowest BCUT2D eigenvalue weighted by Crippen LogP contribution is -2.36. The highest BCUT2D eigenvalue weighted by Crippen LogP contribution is 2.25. The van der Waals surface area contributed by atoms with Crippen LogP contribution in [0.15, 0.2) is 58.3 Å². The fourth-order valence-corrected chi connectivity index (χ4v) is 5.11. The second-order valence-corrected chi connectivity index (χ2v) is 8.93. The molecule has 1 saturated heterocycles. The van der Waals surface area contributed by atoms with E-state index in [4.69, 9.17) is 0 Å². The zero-order chi connectivity index (χ0) is 18.6. The number of amides is 1. The van der Waals surface area contributed by atoms with Crippen molar-refractivity contribution >= 4 is 33.4 Å². The van der Waals surface area contributed by atoms with Crippen LogP contribution >= 0.6 is 11.8 Å². The number of carbonyl (C=O) groups excluding carboxylic acids is 1. The molecule has 0 atom stereocenters. The summed E-state index contributed by atoms with van der Waals surface area (Å²) in [5, 5.41) is 2.79. The van der Waals surface area contributed by atoms with Gasteiger partial charge in [0.15, 0.2) is 0 Å². The van der Waals surface area contributed by atoms with Gasteiger partial charge in [-0.3, -0.25) is 4.79 Å². The van der Waals surface area contributed by atoms with Gasteiger partial charge < -0.3 is 5.32 Å². The van der Waals surface area contributed by atoms with Gasteiger partial charge in [-0.1, -0.05) is 18.6 Å². The fraction of sp³-hybridized carbons (Fsp3) is 0.316. The predicted molar refractivity (Wildman–Crippen MR) is 105 cm³/mol. The minimum absolute atomic E-state index is 0.0696. The minimum Gasteiger partial charge on any atom is -0.322 e. The average Bonchev–Trinajstić information content (AvgIpc) is 2.69. The molecule has 0 radical (unpaired) electrons. The number of piperidine rings is 1. The molecule has 1 amide bonds. The monoisotopic (exact) mass is 390 g/mol. The molecule has 1 aliphatic rings. The maximum Gasteiger partial charge on any atom is 0.257 e. The molecule has 138 valence electrons. The van der Waals surface area contributed by atoms with Crippen molar-refractivity contribution in [2.75, 3.05) is 24.7 Å². The first kappa shape index (κ1) is 18.9. The molecule has 0 unspecified atom stereocenters. The van der Waals surface area contributed by atoms with Crippen LogP contribution in [0.1, 0.15) is 29.6 Å². The Kier molecular flexibility index (Phi) is 6.01. The van der Waals surface area contributed by atoms with Crippen molar-refractivity contribution in [3.63, 3.8) is 0 Å². The van der Waals surface area contributed by atoms with Crippen LogP contribution in [0.4, 0.5) is 5.69 Å². The van der Waals surface area contributed by atoms with E-state index in [-0.39, 0.29) is 10.5 Å². The lowest BCUT2D eigenvalue weighted by Gasteiger charge is -2.26. The maximum atomic E-state index is 13.0. The predicted octanol–water partition coefficient (Wildman–Crippen LogP) is 3.84. The minimum atomic E-state index is -3.67. The number of hydrogen-bond donors (Lipinski definition) is 1. The van der Waals surface area contributed by atoms with E-state index in [1.807, 2.05) is 30.5 Å². The van der Waals surface area contributed by atoms with E-state index in [1.165, 1.54) is 10.4 Å². The molecule has 26 heavy (non-hydrogen) atoms. The Morgan fingerprint density at radius 3 is 2.31 bits per heavy atom. The third kappa shape index (κ3) is 4.11. The number of carbonyl (C=O) groups is 1. The molecule has 0 aliphatic carbocycles. The van der Waals surface area contributed by atoms with Crippen LogP contribution in [0.3, 0.4) is 0 Å². The first-order valence-corrected chi connectivity index (χ1v) is 11.2. The van der Waals surface area contributed by atoms with Gasteiger partial charge in [0.05, 0.1) is 10.5 Å². The number of nitrogens with zero attached hydrogens (tertiary/aromatic N) is 1. The third-order valence-corrected chi connectivity index (χ3v) is 7.11. The molecule has 2 aromatic carbocycles. The molecule has 1 fully saturated rings. The normalized spacial score (nSPS) is 15.6. The molecule has 1 N–H and O–H groups in total. The van der Waals surface area contributed by atoms with E-state index in [0.29, 0.717) is 18.8 Å². The second-order valence-electron chi connectivity index (χ2n) is 6.14. The molecule has 0 saturated carbocycles. The number of anilines is 1.